The molecule has 2 aromatic heterocycles. The first-order valence-corrected chi connectivity index (χ1v) is 14.8. The maximum Gasteiger partial charge on any atom is 0.231 e. The summed E-state index contributed by atoms with van der Waals surface area (Å²) in [6.45, 7) is 15.2. The normalized spacial score (nSPS) is 19.4. The van der Waals surface area contributed by atoms with Crippen LogP contribution in [0.5, 0.6) is 0 Å². The zero-order valence-corrected chi connectivity index (χ0v) is 26.3. The van der Waals surface area contributed by atoms with E-state index in [4.69, 9.17) is 9.15 Å². The predicted octanol–water partition coefficient (Wildman–Crippen LogP) is 7.13. The fraction of sp³-hybridized carbons (Fsp3) is 0.394. The molecule has 0 saturated heterocycles. The van der Waals surface area contributed by atoms with Gasteiger partial charge >= 0.3 is 0 Å². The van der Waals surface area contributed by atoms with E-state index < -0.39 is 6.10 Å². The Kier molecular flexibility index (Phi) is 7.39. The lowest BCUT2D eigenvalue weighted by molar-refractivity contribution is -0.124. The van der Waals surface area contributed by atoms with E-state index in [9.17, 15) is 19.2 Å². The molecule has 2 amide bonds. The number of benzene rings is 1. The third kappa shape index (κ3) is 4.65. The number of ether oxygens (including phenoxy) is 1. The first kappa shape index (κ1) is 29.7. The summed E-state index contributed by atoms with van der Waals surface area (Å²) < 4.78 is 12.2. The Morgan fingerprint density at radius 1 is 1.02 bits per heavy atom. The Hall–Kier alpha value is -3.82. The molecule has 0 bridgehead atoms. The van der Waals surface area contributed by atoms with E-state index >= 15 is 0 Å². The van der Waals surface area contributed by atoms with Gasteiger partial charge < -0.3 is 14.1 Å². The maximum atomic E-state index is 13.4. The summed E-state index contributed by atoms with van der Waals surface area (Å²) in [5.74, 6) is -0.519. The van der Waals surface area contributed by atoms with Crippen molar-refractivity contribution in [3.05, 3.63) is 70.1 Å². The molecule has 0 saturated carbocycles. The van der Waals surface area contributed by atoms with Gasteiger partial charge in [-0.3, -0.25) is 19.2 Å². The number of nitrogens with zero attached hydrogens (tertiary/aromatic N) is 2. The fourth-order valence-electron chi connectivity index (χ4n) is 5.58. The maximum absolute atomic E-state index is 13.4. The van der Waals surface area contributed by atoms with Crippen LogP contribution >= 0.6 is 11.3 Å². The van der Waals surface area contributed by atoms with Crippen LogP contribution in [0.1, 0.15) is 93.5 Å². The molecule has 0 N–H and O–H groups in total. The Labute approximate surface area is 249 Å². The first-order valence-electron chi connectivity index (χ1n) is 14.0. The third-order valence-corrected chi connectivity index (χ3v) is 9.14. The van der Waals surface area contributed by atoms with Crippen LogP contribution in [0, 0.1) is 5.92 Å². The molecule has 8 nitrogen and oxygen atoms in total. The van der Waals surface area contributed by atoms with Crippen molar-refractivity contribution in [2.24, 2.45) is 5.92 Å². The molecule has 3 aromatic rings. The van der Waals surface area contributed by atoms with E-state index in [1.807, 2.05) is 12.1 Å². The lowest BCUT2D eigenvalue weighted by Crippen LogP contribution is -2.34. The number of carbonyl (C=O) groups is 4. The SMILES string of the molecule is COC1/C(=C\C=C2/C(=O)c3ccc(C(C)(C)C)cc3C2=O)N(C(C)C(C)C)c2c1oc1sc(N(C(C)=O)C(C)=O)cc21. The van der Waals surface area contributed by atoms with Crippen molar-refractivity contribution in [2.45, 2.75) is 73.0 Å². The second-order valence-corrected chi connectivity index (χ2v) is 13.3. The molecule has 0 fully saturated rings. The van der Waals surface area contributed by atoms with Gasteiger partial charge in [-0.05, 0) is 54.2 Å². The molecule has 1 aliphatic carbocycles. The van der Waals surface area contributed by atoms with Crippen molar-refractivity contribution in [2.75, 3.05) is 16.9 Å². The minimum atomic E-state index is -0.584. The number of Topliss-reactive ketones (excluding diaryl/α,β-unsaturated/α-hetero) is 2. The zero-order valence-electron chi connectivity index (χ0n) is 25.4. The number of allylic oxidation sites excluding steroid dienone is 3. The van der Waals surface area contributed by atoms with Gasteiger partial charge in [0.2, 0.25) is 11.8 Å². The monoisotopic (exact) mass is 588 g/mol. The summed E-state index contributed by atoms with van der Waals surface area (Å²) >= 11 is 1.23. The quantitative estimate of drug-likeness (QED) is 0.231. The molecular weight excluding hydrogens is 552 g/mol. The van der Waals surface area contributed by atoms with E-state index in [1.165, 1.54) is 25.2 Å². The Bertz CT molecular complexity index is 1700. The highest BCUT2D eigenvalue weighted by Gasteiger charge is 2.43. The highest BCUT2D eigenvalue weighted by atomic mass is 32.1. The number of fused-ring (bicyclic) bond motifs is 4. The summed E-state index contributed by atoms with van der Waals surface area (Å²) in [4.78, 5) is 55.0. The predicted molar refractivity (Wildman–Crippen MR) is 164 cm³/mol. The number of hydrogen-bond donors (Lipinski definition) is 0. The Balaban J connectivity index is 1.62. The van der Waals surface area contributed by atoms with E-state index in [0.717, 1.165) is 27.2 Å². The number of hydrogen-bond acceptors (Lipinski definition) is 8. The topological polar surface area (TPSA) is 97.1 Å². The Morgan fingerprint density at radius 2 is 1.67 bits per heavy atom. The van der Waals surface area contributed by atoms with Gasteiger partial charge in [-0.2, -0.15) is 0 Å². The summed E-state index contributed by atoms with van der Waals surface area (Å²) in [6.07, 6.45) is 2.79. The molecule has 3 heterocycles. The molecule has 1 aliphatic heterocycles. The van der Waals surface area contributed by atoms with Gasteiger partial charge in [0.15, 0.2) is 28.3 Å². The number of amides is 2. The van der Waals surface area contributed by atoms with Crippen LogP contribution in [0.4, 0.5) is 10.7 Å². The molecule has 220 valence electrons. The molecular formula is C33H36N2O6S. The van der Waals surface area contributed by atoms with E-state index in [0.29, 0.717) is 26.8 Å². The van der Waals surface area contributed by atoms with Crippen LogP contribution in [0.3, 0.4) is 0 Å². The molecule has 42 heavy (non-hydrogen) atoms. The third-order valence-electron chi connectivity index (χ3n) is 8.14. The molecule has 0 radical (unpaired) electrons. The highest BCUT2D eigenvalue weighted by molar-refractivity contribution is 7.22. The largest absolute Gasteiger partial charge is 0.445 e. The minimum Gasteiger partial charge on any atom is -0.445 e. The fourth-order valence-corrected chi connectivity index (χ4v) is 6.70. The van der Waals surface area contributed by atoms with Crippen molar-refractivity contribution >= 4 is 55.7 Å². The number of methoxy groups -OCH3 is 1. The van der Waals surface area contributed by atoms with Crippen molar-refractivity contribution in [1.82, 2.24) is 0 Å². The summed E-state index contributed by atoms with van der Waals surface area (Å²) in [5, 5.41) is 1.24. The summed E-state index contributed by atoms with van der Waals surface area (Å²) in [5.41, 5.74) is 3.32. The second kappa shape index (κ2) is 10.5. The average Bonchev–Trinajstić information content (AvgIpc) is 3.59. The number of furan rings is 1. The summed E-state index contributed by atoms with van der Waals surface area (Å²) in [7, 11) is 1.59. The average molecular weight is 589 g/mol. The zero-order chi connectivity index (χ0) is 30.8. The number of anilines is 2. The van der Waals surface area contributed by atoms with Crippen LogP contribution in [-0.2, 0) is 19.7 Å². The molecule has 0 spiro atoms. The number of imide groups is 1. The Morgan fingerprint density at radius 3 is 2.24 bits per heavy atom. The number of thiophene rings is 1. The van der Waals surface area contributed by atoms with Crippen molar-refractivity contribution in [3.63, 3.8) is 0 Å². The van der Waals surface area contributed by atoms with Crippen LogP contribution in [-0.4, -0.2) is 36.5 Å². The number of rotatable bonds is 5. The van der Waals surface area contributed by atoms with Crippen molar-refractivity contribution < 1.29 is 28.3 Å². The summed E-state index contributed by atoms with van der Waals surface area (Å²) in [6, 6.07) is 7.27. The molecule has 9 heteroatoms. The van der Waals surface area contributed by atoms with E-state index in [2.05, 4.69) is 46.4 Å². The molecule has 2 aliphatic rings. The van der Waals surface area contributed by atoms with Crippen molar-refractivity contribution in [1.29, 1.82) is 0 Å². The van der Waals surface area contributed by atoms with E-state index in [-0.39, 0.29) is 46.3 Å². The minimum absolute atomic E-state index is 0.0176. The lowest BCUT2D eigenvalue weighted by atomic mass is 9.85. The van der Waals surface area contributed by atoms with Gasteiger partial charge in [0, 0.05) is 38.1 Å². The second-order valence-electron chi connectivity index (χ2n) is 12.3. The molecule has 2 atom stereocenters. The molecule has 5 rings (SSSR count). The smallest absolute Gasteiger partial charge is 0.231 e. The van der Waals surface area contributed by atoms with Gasteiger partial charge in [0.25, 0.3) is 0 Å². The standard InChI is InChI=1S/C33H36N2O6S/c1-16(2)17(3)34-25(13-12-22-28(38)21-11-10-20(33(6,7)8)14-23(21)29(22)39)30(40-9)31-27(34)24-15-26(42-32(24)41-31)35(18(4)36)19(5)37/h10-17,30H,1-9H3/b22-12+,25-13+. The van der Waals surface area contributed by atoms with Gasteiger partial charge in [-0.25, -0.2) is 4.90 Å². The molecule has 1 aromatic carbocycles. The molecule has 2 unspecified atom stereocenters. The van der Waals surface area contributed by atoms with Crippen LogP contribution in [0.2, 0.25) is 0 Å². The van der Waals surface area contributed by atoms with Gasteiger partial charge in [0.1, 0.15) is 5.00 Å². The van der Waals surface area contributed by atoms with E-state index in [1.54, 1.807) is 31.4 Å². The lowest BCUT2D eigenvalue weighted by Gasteiger charge is -2.32. The number of carbonyl (C=O) groups excluding carboxylic acids is 4. The van der Waals surface area contributed by atoms with Crippen LogP contribution in [0.15, 0.2) is 52.1 Å². The van der Waals surface area contributed by atoms with Crippen LogP contribution < -0.4 is 9.80 Å². The first-order chi connectivity index (χ1) is 19.7. The van der Waals surface area contributed by atoms with Crippen LogP contribution in [0.25, 0.3) is 10.3 Å². The van der Waals surface area contributed by atoms with Gasteiger partial charge in [0.05, 0.1) is 22.3 Å². The van der Waals surface area contributed by atoms with Gasteiger partial charge in [-0.15, -0.1) is 0 Å². The van der Waals surface area contributed by atoms with Gasteiger partial charge in [-0.1, -0.05) is 52.0 Å². The van der Waals surface area contributed by atoms with Crippen molar-refractivity contribution in [3.8, 4) is 0 Å². The highest BCUT2D eigenvalue weighted by Crippen LogP contribution is 2.54. The number of ketones is 2.